The Morgan fingerprint density at radius 3 is 1.11 bits per heavy atom. The van der Waals surface area contributed by atoms with Crippen molar-refractivity contribution in [3.05, 3.63) is 35.4 Å². The molecule has 0 heterocycles. The molecule has 0 saturated heterocycles. The number of amidine groups is 2. The summed E-state index contributed by atoms with van der Waals surface area (Å²) >= 11 is 33.0. The Labute approximate surface area is 227 Å². The van der Waals surface area contributed by atoms with Crippen LogP contribution < -0.4 is 11.5 Å². The molecule has 1 aromatic carbocycles. The third-order valence-electron chi connectivity index (χ3n) is 3.45. The van der Waals surface area contributed by atoms with Gasteiger partial charge in [0.25, 0.3) is 0 Å². The van der Waals surface area contributed by atoms with Gasteiger partial charge in [-0.2, -0.15) is 26.3 Å². The fraction of sp³-hybridized carbons (Fsp3) is 0.375. The minimum atomic E-state index is -5.42. The summed E-state index contributed by atoms with van der Waals surface area (Å²) in [6, 6.07) is 4.57. The Hall–Kier alpha value is -1.58. The molecule has 8 nitrogen and oxygen atoms in total. The van der Waals surface area contributed by atoms with E-state index in [0.29, 0.717) is 0 Å². The first-order valence-corrected chi connectivity index (χ1v) is 10.8. The maximum Gasteiger partial charge on any atom is 0.491 e. The molecule has 0 aliphatic heterocycles. The smallest absolute Gasteiger partial charge is 0.428 e. The summed E-state index contributed by atoms with van der Waals surface area (Å²) in [5.41, 5.74) is 11.3. The molecular weight excluding hydrogens is 639 g/mol. The lowest BCUT2D eigenvalue weighted by Gasteiger charge is -2.22. The molecule has 0 saturated carbocycles. The quantitative estimate of drug-likeness (QED) is 0.151. The largest absolute Gasteiger partial charge is 0.491 e. The number of nitrogens with two attached hydrogens (primary N) is 2. The first-order chi connectivity index (χ1) is 16.0. The number of ether oxygens (including phenoxy) is 2. The number of benzene rings is 1. The minimum absolute atomic E-state index is 0.0321. The number of esters is 2. The minimum Gasteiger partial charge on any atom is -0.428 e. The Balaban J connectivity index is 3.22. The van der Waals surface area contributed by atoms with Gasteiger partial charge in [0, 0.05) is 11.1 Å². The fourth-order valence-electron chi connectivity index (χ4n) is 1.88. The Morgan fingerprint density at radius 1 is 0.667 bits per heavy atom. The summed E-state index contributed by atoms with van der Waals surface area (Å²) in [6.07, 6.45) is -15.5. The number of alkyl halides is 12. The van der Waals surface area contributed by atoms with Crippen LogP contribution in [-0.4, -0.2) is 56.0 Å². The van der Waals surface area contributed by atoms with Crippen LogP contribution in [0.4, 0.5) is 26.3 Å². The molecular formula is C16H10Cl6F6N4O4. The van der Waals surface area contributed by atoms with E-state index < -0.39 is 56.0 Å². The number of carbonyl (C=O) groups is 2. The van der Waals surface area contributed by atoms with Crippen molar-refractivity contribution in [3.8, 4) is 0 Å². The van der Waals surface area contributed by atoms with E-state index in [1.165, 1.54) is 0 Å². The second kappa shape index (κ2) is 11.9. The van der Waals surface area contributed by atoms with Gasteiger partial charge in [0.2, 0.25) is 20.0 Å². The number of carbonyl (C=O) groups excluding carboxylic acids is 2. The van der Waals surface area contributed by atoms with Gasteiger partial charge in [-0.1, -0.05) is 93.9 Å². The van der Waals surface area contributed by atoms with E-state index in [0.717, 1.165) is 24.3 Å². The molecule has 0 bridgehead atoms. The van der Waals surface area contributed by atoms with Crippen molar-refractivity contribution in [1.29, 1.82) is 0 Å². The van der Waals surface area contributed by atoms with Gasteiger partial charge in [-0.25, -0.2) is 19.6 Å². The lowest BCUT2D eigenvalue weighted by Crippen LogP contribution is -2.37. The van der Waals surface area contributed by atoms with E-state index >= 15 is 0 Å². The molecule has 36 heavy (non-hydrogen) atoms. The van der Waals surface area contributed by atoms with Crippen molar-refractivity contribution in [2.45, 2.75) is 32.4 Å². The Kier molecular flexibility index (Phi) is 10.7. The molecule has 0 spiro atoms. The van der Waals surface area contributed by atoms with Gasteiger partial charge in [0.1, 0.15) is 11.7 Å². The summed E-state index contributed by atoms with van der Waals surface area (Å²) in [4.78, 5) is 29.0. The lowest BCUT2D eigenvalue weighted by atomic mass is 10.1. The molecule has 0 aliphatic rings. The second-order valence-corrected chi connectivity index (χ2v) is 10.9. The molecule has 0 fully saturated rings. The van der Waals surface area contributed by atoms with E-state index in [9.17, 15) is 35.9 Å². The van der Waals surface area contributed by atoms with Gasteiger partial charge in [0.15, 0.2) is 0 Å². The summed E-state index contributed by atoms with van der Waals surface area (Å²) in [6.45, 7) is 0. The highest BCUT2D eigenvalue weighted by atomic mass is 35.6. The molecule has 0 aromatic heterocycles. The first-order valence-electron chi connectivity index (χ1n) is 8.50. The number of rotatable bonds is 6. The predicted octanol–water partition coefficient (Wildman–Crippen LogP) is 4.70. The van der Waals surface area contributed by atoms with E-state index in [2.05, 4.69) is 19.5 Å². The van der Waals surface area contributed by atoms with Crippen LogP contribution in [0.25, 0.3) is 0 Å². The molecule has 0 unspecified atom stereocenters. The zero-order valence-corrected chi connectivity index (χ0v) is 21.2. The predicted molar refractivity (Wildman–Crippen MR) is 120 cm³/mol. The van der Waals surface area contributed by atoms with Gasteiger partial charge in [-0.3, -0.25) is 0 Å². The highest BCUT2D eigenvalue weighted by Gasteiger charge is 2.47. The lowest BCUT2D eigenvalue weighted by molar-refractivity contribution is -0.204. The van der Waals surface area contributed by atoms with E-state index in [1.54, 1.807) is 0 Å². The zero-order chi connectivity index (χ0) is 28.3. The van der Waals surface area contributed by atoms with Gasteiger partial charge in [0.05, 0.1) is 0 Å². The molecule has 20 heteroatoms. The van der Waals surface area contributed by atoms with E-state index in [4.69, 9.17) is 81.1 Å². The van der Waals surface area contributed by atoms with Crippen molar-refractivity contribution >= 4 is 93.2 Å². The highest BCUT2D eigenvalue weighted by molar-refractivity contribution is 6.68. The van der Waals surface area contributed by atoms with Crippen molar-refractivity contribution < 1.29 is 45.4 Å². The van der Waals surface area contributed by atoms with Gasteiger partial charge >= 0.3 is 24.3 Å². The maximum absolute atomic E-state index is 12.5. The maximum atomic E-state index is 12.5. The van der Waals surface area contributed by atoms with Crippen LogP contribution >= 0.6 is 69.6 Å². The molecule has 1 aromatic rings. The molecule has 2 atom stereocenters. The monoisotopic (exact) mass is 646 g/mol. The Bertz CT molecular complexity index is 941. The average molecular weight is 649 g/mol. The SMILES string of the molecule is NC(=N[C@@H](OC(=O)C(F)(F)F)C(Cl)(Cl)Cl)c1ccc(C(N)=N[C@@H](OC(=O)C(F)(F)F)C(Cl)(Cl)Cl)cc1. The van der Waals surface area contributed by atoms with Crippen LogP contribution in [0.1, 0.15) is 11.1 Å². The summed E-state index contributed by atoms with van der Waals surface area (Å²) in [5, 5.41) is 0. The summed E-state index contributed by atoms with van der Waals surface area (Å²) in [7, 11) is 0. The average Bonchev–Trinajstić information content (AvgIpc) is 2.69. The van der Waals surface area contributed by atoms with Gasteiger partial charge < -0.3 is 20.9 Å². The van der Waals surface area contributed by atoms with Gasteiger partial charge in [-0.15, -0.1) is 0 Å². The summed E-state index contributed by atoms with van der Waals surface area (Å²) < 4.78 is 77.5. The number of hydrogen-bond acceptors (Lipinski definition) is 6. The molecule has 4 N–H and O–H groups in total. The van der Waals surface area contributed by atoms with Crippen molar-refractivity contribution in [2.75, 3.05) is 0 Å². The Morgan fingerprint density at radius 2 is 0.917 bits per heavy atom. The molecule has 1 rings (SSSR count). The first kappa shape index (κ1) is 32.4. The normalized spacial score (nSPS) is 15.8. The zero-order valence-electron chi connectivity index (χ0n) is 16.7. The third-order valence-corrected chi connectivity index (χ3v) is 4.57. The van der Waals surface area contributed by atoms with Crippen LogP contribution in [0.5, 0.6) is 0 Å². The van der Waals surface area contributed by atoms with Gasteiger partial charge in [-0.05, 0) is 0 Å². The standard InChI is InChI=1S/C16H10Cl6F6N4O4/c17-13(18,19)9(35-11(33)15(23,24)25)31-7(29)5-1-2-6(4-3-5)8(30)32-10(14(20,21)22)36-12(34)16(26,27)28/h1-4,9-10H,(H2,29,31)(H2,30,32)/t9-,10-/m0/s1. The number of hydrogen-bond donors (Lipinski definition) is 2. The van der Waals surface area contributed by atoms with Crippen LogP contribution in [0.15, 0.2) is 34.3 Å². The van der Waals surface area contributed by atoms with E-state index in [-0.39, 0.29) is 11.1 Å². The second-order valence-electron chi connectivity index (χ2n) is 6.20. The molecule has 0 amide bonds. The third kappa shape index (κ3) is 10.1. The van der Waals surface area contributed by atoms with Crippen LogP contribution in [0.3, 0.4) is 0 Å². The van der Waals surface area contributed by atoms with E-state index in [1.807, 2.05) is 0 Å². The van der Waals surface area contributed by atoms with Crippen molar-refractivity contribution in [2.24, 2.45) is 21.5 Å². The fourth-order valence-corrected chi connectivity index (χ4v) is 2.44. The number of halogens is 12. The van der Waals surface area contributed by atoms with Crippen molar-refractivity contribution in [1.82, 2.24) is 0 Å². The number of nitrogens with zero attached hydrogens (tertiary/aromatic N) is 2. The van der Waals surface area contributed by atoms with Crippen molar-refractivity contribution in [3.63, 3.8) is 0 Å². The molecule has 202 valence electrons. The van der Waals surface area contributed by atoms with Crippen LogP contribution in [0, 0.1) is 0 Å². The highest BCUT2D eigenvalue weighted by Crippen LogP contribution is 2.36. The molecule has 0 radical (unpaired) electrons. The topological polar surface area (TPSA) is 129 Å². The van der Waals surface area contributed by atoms with Crippen LogP contribution in [0.2, 0.25) is 0 Å². The summed E-state index contributed by atoms with van der Waals surface area (Å²) in [5.74, 6) is -6.54. The number of aliphatic imine (C=N–C) groups is 2. The molecule has 0 aliphatic carbocycles. The van der Waals surface area contributed by atoms with Crippen LogP contribution in [-0.2, 0) is 19.1 Å².